The van der Waals surface area contributed by atoms with Crippen LogP contribution in [0.5, 0.6) is 0 Å². The Balaban J connectivity index is 1.83. The van der Waals surface area contributed by atoms with Crippen LogP contribution in [0.15, 0.2) is 0 Å². The Bertz CT molecular complexity index is 432. The summed E-state index contributed by atoms with van der Waals surface area (Å²) in [5, 5.41) is 10.7. The van der Waals surface area contributed by atoms with Crippen molar-refractivity contribution in [1.82, 2.24) is 20.3 Å². The average Bonchev–Trinajstić information content (AvgIpc) is 2.88. The van der Waals surface area contributed by atoms with Gasteiger partial charge in [-0.05, 0) is 31.6 Å². The Kier molecular flexibility index (Phi) is 3.68. The van der Waals surface area contributed by atoms with Crippen LogP contribution in [0.1, 0.15) is 55.2 Å². The van der Waals surface area contributed by atoms with Gasteiger partial charge in [0.05, 0.1) is 5.69 Å². The van der Waals surface area contributed by atoms with Gasteiger partial charge in [-0.25, -0.2) is 0 Å². The van der Waals surface area contributed by atoms with Gasteiger partial charge in [0.2, 0.25) is 0 Å². The molecule has 1 saturated carbocycles. The minimum Gasteiger partial charge on any atom is -0.351 e. The number of nitrogens with zero attached hydrogens (tertiary/aromatic N) is 3. The normalized spacial score (nSPS) is 17.9. The van der Waals surface area contributed by atoms with Crippen LogP contribution in [0.25, 0.3) is 0 Å². The molecule has 1 heterocycles. The fourth-order valence-corrected chi connectivity index (χ4v) is 2.65. The minimum absolute atomic E-state index is 0.109. The molecule has 0 saturated heterocycles. The molecule has 2 rings (SSSR count). The monoisotopic (exact) mass is 250 g/mol. The molecule has 0 spiro atoms. The molecule has 100 valence electrons. The third kappa shape index (κ3) is 2.71. The molecule has 1 N–H and O–H groups in total. The fraction of sp³-hybridized carbons (Fsp3) is 0.769. The van der Waals surface area contributed by atoms with E-state index in [-0.39, 0.29) is 5.91 Å². The number of aryl methyl sites for hydroxylation is 1. The molecule has 5 heteroatoms. The first-order chi connectivity index (χ1) is 8.52. The number of nitrogens with one attached hydrogen (secondary N) is 1. The molecule has 1 amide bonds. The zero-order valence-corrected chi connectivity index (χ0v) is 11.5. The Morgan fingerprint density at radius 3 is 2.67 bits per heavy atom. The maximum atomic E-state index is 11.9. The number of hydrogen-bond donors (Lipinski definition) is 1. The van der Waals surface area contributed by atoms with E-state index in [1.54, 1.807) is 11.7 Å². The van der Waals surface area contributed by atoms with Crippen LogP contribution in [0.4, 0.5) is 0 Å². The zero-order valence-electron chi connectivity index (χ0n) is 11.5. The number of rotatable bonds is 4. The Morgan fingerprint density at radius 1 is 1.44 bits per heavy atom. The van der Waals surface area contributed by atoms with Crippen LogP contribution in [0.2, 0.25) is 0 Å². The molecule has 1 aliphatic rings. The van der Waals surface area contributed by atoms with Crippen molar-refractivity contribution in [1.29, 1.82) is 0 Å². The van der Waals surface area contributed by atoms with E-state index < -0.39 is 0 Å². The summed E-state index contributed by atoms with van der Waals surface area (Å²) in [5.41, 5.74) is 1.67. The van der Waals surface area contributed by atoms with Crippen LogP contribution < -0.4 is 5.32 Å². The van der Waals surface area contributed by atoms with Crippen LogP contribution in [-0.4, -0.2) is 27.4 Å². The predicted octanol–water partition coefficient (Wildman–Crippen LogP) is 1.82. The molecular weight excluding hydrogens is 228 g/mol. The lowest BCUT2D eigenvalue weighted by molar-refractivity contribution is 0.0942. The van der Waals surface area contributed by atoms with Gasteiger partial charge in [0, 0.05) is 13.6 Å². The van der Waals surface area contributed by atoms with Crippen molar-refractivity contribution in [2.45, 2.75) is 46.0 Å². The number of amides is 1. The van der Waals surface area contributed by atoms with Gasteiger partial charge in [-0.15, -0.1) is 5.10 Å². The zero-order chi connectivity index (χ0) is 13.2. The van der Waals surface area contributed by atoms with Crippen molar-refractivity contribution in [3.8, 4) is 0 Å². The van der Waals surface area contributed by atoms with E-state index in [9.17, 15) is 4.79 Å². The number of carbonyl (C=O) groups excluding carboxylic acids is 1. The van der Waals surface area contributed by atoms with E-state index in [1.807, 2.05) is 6.92 Å². The van der Waals surface area contributed by atoms with Gasteiger partial charge in [-0.2, -0.15) is 0 Å². The second kappa shape index (κ2) is 5.08. The summed E-state index contributed by atoms with van der Waals surface area (Å²) in [6.45, 7) is 4.90. The van der Waals surface area contributed by atoms with E-state index in [2.05, 4.69) is 22.6 Å². The highest BCUT2D eigenvalue weighted by molar-refractivity contribution is 5.93. The topological polar surface area (TPSA) is 59.8 Å². The van der Waals surface area contributed by atoms with Crippen LogP contribution in [0.3, 0.4) is 0 Å². The first kappa shape index (κ1) is 13.1. The summed E-state index contributed by atoms with van der Waals surface area (Å²) in [6.07, 6.45) is 6.28. The third-order valence-electron chi connectivity index (χ3n) is 4.15. The first-order valence-electron chi connectivity index (χ1n) is 6.66. The standard InChI is InChI=1S/C13H22N4O/c1-10-11(15-16-17(10)3)12(18)14-9-8-13(2)6-4-5-7-13/h4-9H2,1-3H3,(H,14,18). The molecule has 1 aromatic rings. The van der Waals surface area contributed by atoms with Gasteiger partial charge in [-0.3, -0.25) is 9.48 Å². The van der Waals surface area contributed by atoms with E-state index >= 15 is 0 Å². The van der Waals surface area contributed by atoms with Gasteiger partial charge in [0.15, 0.2) is 5.69 Å². The average molecular weight is 250 g/mol. The molecule has 0 radical (unpaired) electrons. The van der Waals surface area contributed by atoms with E-state index in [0.29, 0.717) is 11.1 Å². The third-order valence-corrected chi connectivity index (χ3v) is 4.15. The van der Waals surface area contributed by atoms with Crippen molar-refractivity contribution in [2.24, 2.45) is 12.5 Å². The minimum atomic E-state index is -0.109. The van der Waals surface area contributed by atoms with Gasteiger partial charge in [0.25, 0.3) is 5.91 Å². The predicted molar refractivity (Wildman–Crippen MR) is 69.3 cm³/mol. The molecule has 0 aromatic carbocycles. The van der Waals surface area contributed by atoms with E-state index in [0.717, 1.165) is 18.7 Å². The Labute approximate surface area is 108 Å². The van der Waals surface area contributed by atoms with Crippen LogP contribution in [-0.2, 0) is 7.05 Å². The van der Waals surface area contributed by atoms with Crippen molar-refractivity contribution in [3.63, 3.8) is 0 Å². The summed E-state index contributed by atoms with van der Waals surface area (Å²) in [5.74, 6) is -0.109. The number of hydrogen-bond acceptors (Lipinski definition) is 3. The van der Waals surface area contributed by atoms with E-state index in [1.165, 1.54) is 25.7 Å². The molecule has 0 atom stereocenters. The molecule has 5 nitrogen and oxygen atoms in total. The molecule has 1 fully saturated rings. The molecule has 0 aliphatic heterocycles. The van der Waals surface area contributed by atoms with Crippen molar-refractivity contribution in [3.05, 3.63) is 11.4 Å². The Hall–Kier alpha value is -1.39. The van der Waals surface area contributed by atoms with Crippen LogP contribution >= 0.6 is 0 Å². The lowest BCUT2D eigenvalue weighted by Crippen LogP contribution is -2.29. The second-order valence-electron chi connectivity index (χ2n) is 5.67. The van der Waals surface area contributed by atoms with Crippen LogP contribution in [0, 0.1) is 12.3 Å². The number of carbonyl (C=O) groups is 1. The van der Waals surface area contributed by atoms with Gasteiger partial charge in [-0.1, -0.05) is 25.0 Å². The van der Waals surface area contributed by atoms with Gasteiger partial charge in [0.1, 0.15) is 0 Å². The fourth-order valence-electron chi connectivity index (χ4n) is 2.65. The largest absolute Gasteiger partial charge is 0.351 e. The summed E-state index contributed by atoms with van der Waals surface area (Å²) in [7, 11) is 1.79. The summed E-state index contributed by atoms with van der Waals surface area (Å²) in [6, 6.07) is 0. The molecule has 0 bridgehead atoms. The first-order valence-corrected chi connectivity index (χ1v) is 6.66. The van der Waals surface area contributed by atoms with Crippen molar-refractivity contribution in [2.75, 3.05) is 6.54 Å². The summed E-state index contributed by atoms with van der Waals surface area (Å²) in [4.78, 5) is 11.9. The molecule has 1 aromatic heterocycles. The lowest BCUT2D eigenvalue weighted by atomic mass is 9.85. The quantitative estimate of drug-likeness (QED) is 0.886. The maximum Gasteiger partial charge on any atom is 0.273 e. The van der Waals surface area contributed by atoms with Crippen molar-refractivity contribution < 1.29 is 4.79 Å². The van der Waals surface area contributed by atoms with E-state index in [4.69, 9.17) is 0 Å². The molecule has 0 unspecified atom stereocenters. The maximum absolute atomic E-state index is 11.9. The Morgan fingerprint density at radius 2 is 2.11 bits per heavy atom. The smallest absolute Gasteiger partial charge is 0.273 e. The second-order valence-corrected chi connectivity index (χ2v) is 5.67. The molecular formula is C13H22N4O. The highest BCUT2D eigenvalue weighted by Crippen LogP contribution is 2.39. The summed E-state index contributed by atoms with van der Waals surface area (Å²) < 4.78 is 1.62. The number of aromatic nitrogens is 3. The lowest BCUT2D eigenvalue weighted by Gasteiger charge is -2.23. The SMILES string of the molecule is Cc1c(C(=O)NCCC2(C)CCCC2)nnn1C. The van der Waals surface area contributed by atoms with Crippen molar-refractivity contribution >= 4 is 5.91 Å². The molecule has 1 aliphatic carbocycles. The van der Waals surface area contributed by atoms with Gasteiger partial charge < -0.3 is 5.32 Å². The highest BCUT2D eigenvalue weighted by atomic mass is 16.2. The highest BCUT2D eigenvalue weighted by Gasteiger charge is 2.28. The van der Waals surface area contributed by atoms with Gasteiger partial charge >= 0.3 is 0 Å². The molecule has 18 heavy (non-hydrogen) atoms. The summed E-state index contributed by atoms with van der Waals surface area (Å²) >= 11 is 0.